The summed E-state index contributed by atoms with van der Waals surface area (Å²) in [6, 6.07) is 9.06. The molecule has 0 bridgehead atoms. The number of hydrogen-bond donors (Lipinski definition) is 1. The summed E-state index contributed by atoms with van der Waals surface area (Å²) in [5, 5.41) is 3.28. The SMILES string of the molecule is Fc1ccc(-c2cccc(N3CCNCC3)n2)c(F)c1. The second kappa shape index (κ2) is 5.54. The maximum absolute atomic E-state index is 13.8. The van der Waals surface area contributed by atoms with Crippen LogP contribution < -0.4 is 10.2 Å². The van der Waals surface area contributed by atoms with Crippen molar-refractivity contribution in [3.8, 4) is 11.3 Å². The van der Waals surface area contributed by atoms with Gasteiger partial charge in [-0.05, 0) is 24.3 Å². The summed E-state index contributed by atoms with van der Waals surface area (Å²) in [6.07, 6.45) is 0. The highest BCUT2D eigenvalue weighted by Gasteiger charge is 2.13. The Labute approximate surface area is 116 Å². The van der Waals surface area contributed by atoms with Crippen molar-refractivity contribution in [2.24, 2.45) is 0 Å². The Morgan fingerprint density at radius 3 is 2.60 bits per heavy atom. The Morgan fingerprint density at radius 1 is 1.05 bits per heavy atom. The fourth-order valence-corrected chi connectivity index (χ4v) is 2.34. The summed E-state index contributed by atoms with van der Waals surface area (Å²) in [7, 11) is 0. The zero-order chi connectivity index (χ0) is 13.9. The predicted molar refractivity (Wildman–Crippen MR) is 74.7 cm³/mol. The van der Waals surface area contributed by atoms with Gasteiger partial charge < -0.3 is 10.2 Å². The van der Waals surface area contributed by atoms with Crippen LogP contribution in [-0.2, 0) is 0 Å². The van der Waals surface area contributed by atoms with E-state index in [9.17, 15) is 8.78 Å². The number of rotatable bonds is 2. The molecule has 0 spiro atoms. The number of nitrogens with one attached hydrogen (secondary N) is 1. The van der Waals surface area contributed by atoms with E-state index in [1.165, 1.54) is 12.1 Å². The molecule has 1 aliphatic rings. The van der Waals surface area contributed by atoms with Crippen molar-refractivity contribution in [2.45, 2.75) is 0 Å². The smallest absolute Gasteiger partial charge is 0.135 e. The molecule has 1 saturated heterocycles. The van der Waals surface area contributed by atoms with Crippen molar-refractivity contribution < 1.29 is 8.78 Å². The zero-order valence-corrected chi connectivity index (χ0v) is 10.9. The van der Waals surface area contributed by atoms with Gasteiger partial charge in [0.2, 0.25) is 0 Å². The van der Waals surface area contributed by atoms with Crippen LogP contribution in [-0.4, -0.2) is 31.2 Å². The number of benzene rings is 1. The second-order valence-corrected chi connectivity index (χ2v) is 4.74. The maximum Gasteiger partial charge on any atom is 0.135 e. The molecule has 5 heteroatoms. The quantitative estimate of drug-likeness (QED) is 0.912. The summed E-state index contributed by atoms with van der Waals surface area (Å²) >= 11 is 0. The van der Waals surface area contributed by atoms with Gasteiger partial charge in [0.1, 0.15) is 17.5 Å². The molecule has 0 amide bonds. The molecule has 0 saturated carbocycles. The van der Waals surface area contributed by atoms with E-state index >= 15 is 0 Å². The molecule has 1 aromatic carbocycles. The normalized spacial score (nSPS) is 15.4. The van der Waals surface area contributed by atoms with E-state index in [0.717, 1.165) is 38.1 Å². The lowest BCUT2D eigenvalue weighted by atomic mass is 10.1. The lowest BCUT2D eigenvalue weighted by Gasteiger charge is -2.28. The van der Waals surface area contributed by atoms with Crippen LogP contribution in [0.15, 0.2) is 36.4 Å². The Hall–Kier alpha value is -2.01. The second-order valence-electron chi connectivity index (χ2n) is 4.74. The molecule has 1 aliphatic heterocycles. The van der Waals surface area contributed by atoms with E-state index in [4.69, 9.17) is 0 Å². The highest BCUT2D eigenvalue weighted by atomic mass is 19.1. The summed E-state index contributed by atoms with van der Waals surface area (Å²) < 4.78 is 26.8. The average Bonchev–Trinajstić information content (AvgIpc) is 2.48. The van der Waals surface area contributed by atoms with E-state index in [1.807, 2.05) is 12.1 Å². The van der Waals surface area contributed by atoms with Gasteiger partial charge in [0.25, 0.3) is 0 Å². The molecule has 1 fully saturated rings. The Bertz CT molecular complexity index is 610. The first-order valence-corrected chi connectivity index (χ1v) is 6.62. The molecule has 0 radical (unpaired) electrons. The van der Waals surface area contributed by atoms with E-state index < -0.39 is 11.6 Å². The maximum atomic E-state index is 13.8. The molecule has 0 aliphatic carbocycles. The molecule has 2 heterocycles. The van der Waals surface area contributed by atoms with Gasteiger partial charge in [0.05, 0.1) is 5.69 Å². The number of pyridine rings is 1. The van der Waals surface area contributed by atoms with E-state index in [0.29, 0.717) is 11.3 Å². The van der Waals surface area contributed by atoms with Crippen LogP contribution in [0.4, 0.5) is 14.6 Å². The molecule has 0 unspecified atom stereocenters. The number of hydrogen-bond acceptors (Lipinski definition) is 3. The summed E-state index contributed by atoms with van der Waals surface area (Å²) in [4.78, 5) is 6.65. The number of aromatic nitrogens is 1. The summed E-state index contributed by atoms with van der Waals surface area (Å²) in [5.41, 5.74) is 0.849. The van der Waals surface area contributed by atoms with Gasteiger partial charge in [-0.15, -0.1) is 0 Å². The molecule has 3 nitrogen and oxygen atoms in total. The minimum Gasteiger partial charge on any atom is -0.354 e. The third kappa shape index (κ3) is 2.63. The molecule has 104 valence electrons. The van der Waals surface area contributed by atoms with Crippen LogP contribution >= 0.6 is 0 Å². The van der Waals surface area contributed by atoms with E-state index in [2.05, 4.69) is 15.2 Å². The minimum atomic E-state index is -0.588. The Morgan fingerprint density at radius 2 is 1.85 bits per heavy atom. The van der Waals surface area contributed by atoms with Gasteiger partial charge in [0.15, 0.2) is 0 Å². The fourth-order valence-electron chi connectivity index (χ4n) is 2.34. The Balaban J connectivity index is 1.94. The van der Waals surface area contributed by atoms with Crippen molar-refractivity contribution in [3.63, 3.8) is 0 Å². The molecule has 20 heavy (non-hydrogen) atoms. The van der Waals surface area contributed by atoms with Crippen LogP contribution in [0.1, 0.15) is 0 Å². The van der Waals surface area contributed by atoms with Crippen molar-refractivity contribution in [1.29, 1.82) is 0 Å². The number of anilines is 1. The van der Waals surface area contributed by atoms with Gasteiger partial charge in [-0.1, -0.05) is 6.07 Å². The van der Waals surface area contributed by atoms with Gasteiger partial charge in [0, 0.05) is 37.8 Å². The third-order valence-electron chi connectivity index (χ3n) is 3.38. The van der Waals surface area contributed by atoms with Crippen molar-refractivity contribution >= 4 is 5.82 Å². The van der Waals surface area contributed by atoms with Crippen LogP contribution in [0.3, 0.4) is 0 Å². The van der Waals surface area contributed by atoms with Crippen LogP contribution in [0, 0.1) is 11.6 Å². The molecule has 1 aromatic heterocycles. The molecular formula is C15H15F2N3. The standard InChI is InChI=1S/C15H15F2N3/c16-11-4-5-12(13(17)10-11)14-2-1-3-15(19-14)20-8-6-18-7-9-20/h1-5,10,18H,6-9H2. The lowest BCUT2D eigenvalue weighted by Crippen LogP contribution is -2.43. The number of piperazine rings is 1. The topological polar surface area (TPSA) is 28.2 Å². The van der Waals surface area contributed by atoms with Gasteiger partial charge in [-0.2, -0.15) is 0 Å². The van der Waals surface area contributed by atoms with Crippen LogP contribution in [0.25, 0.3) is 11.3 Å². The third-order valence-corrected chi connectivity index (χ3v) is 3.38. The molecule has 0 atom stereocenters. The first-order chi connectivity index (χ1) is 9.74. The molecule has 3 rings (SSSR count). The van der Waals surface area contributed by atoms with Gasteiger partial charge in [-0.3, -0.25) is 0 Å². The Kier molecular flexibility index (Phi) is 3.60. The van der Waals surface area contributed by atoms with Gasteiger partial charge >= 0.3 is 0 Å². The summed E-state index contributed by atoms with van der Waals surface area (Å²) in [5.74, 6) is -0.341. The monoisotopic (exact) mass is 275 g/mol. The fraction of sp³-hybridized carbons (Fsp3) is 0.267. The van der Waals surface area contributed by atoms with E-state index in [-0.39, 0.29) is 0 Å². The van der Waals surface area contributed by atoms with Crippen LogP contribution in [0.2, 0.25) is 0 Å². The highest BCUT2D eigenvalue weighted by molar-refractivity contribution is 5.62. The van der Waals surface area contributed by atoms with E-state index in [1.54, 1.807) is 6.07 Å². The molecular weight excluding hydrogens is 260 g/mol. The minimum absolute atomic E-state index is 0.323. The van der Waals surface area contributed by atoms with Crippen molar-refractivity contribution in [2.75, 3.05) is 31.1 Å². The van der Waals surface area contributed by atoms with Crippen LogP contribution in [0.5, 0.6) is 0 Å². The highest BCUT2D eigenvalue weighted by Crippen LogP contribution is 2.24. The average molecular weight is 275 g/mol. The first kappa shape index (κ1) is 13.0. The van der Waals surface area contributed by atoms with Crippen molar-refractivity contribution in [1.82, 2.24) is 10.3 Å². The molecule has 1 N–H and O–H groups in total. The zero-order valence-electron chi connectivity index (χ0n) is 10.9. The first-order valence-electron chi connectivity index (χ1n) is 6.62. The summed E-state index contributed by atoms with van der Waals surface area (Å²) in [6.45, 7) is 3.58. The number of nitrogens with zero attached hydrogens (tertiary/aromatic N) is 2. The van der Waals surface area contributed by atoms with Gasteiger partial charge in [-0.25, -0.2) is 13.8 Å². The largest absolute Gasteiger partial charge is 0.354 e. The lowest BCUT2D eigenvalue weighted by molar-refractivity contribution is 0.583. The number of halogens is 2. The van der Waals surface area contributed by atoms with Crippen molar-refractivity contribution in [3.05, 3.63) is 48.0 Å². The molecule has 2 aromatic rings. The predicted octanol–water partition coefficient (Wildman–Crippen LogP) is 2.44.